The van der Waals surface area contributed by atoms with Gasteiger partial charge in [-0.3, -0.25) is 9.00 Å². The Morgan fingerprint density at radius 3 is 2.62 bits per heavy atom. The van der Waals surface area contributed by atoms with Gasteiger partial charge in [0.15, 0.2) is 6.61 Å². The maximum Gasteiger partial charge on any atom is 0.339 e. The molecule has 0 spiro atoms. The van der Waals surface area contributed by atoms with Gasteiger partial charge in [-0.15, -0.1) is 11.8 Å². The van der Waals surface area contributed by atoms with Gasteiger partial charge in [-0.2, -0.15) is 5.26 Å². The number of thioether (sulfide) groups is 1. The number of nitrogens with one attached hydrogen (secondary N) is 1. The molecule has 2 rings (SSSR count). The first-order valence-electron chi connectivity index (χ1n) is 7.51. The van der Waals surface area contributed by atoms with Crippen LogP contribution in [0.3, 0.4) is 0 Å². The van der Waals surface area contributed by atoms with Crippen molar-refractivity contribution >= 4 is 40.1 Å². The monoisotopic (exact) mass is 388 g/mol. The molecule has 2 aromatic rings. The van der Waals surface area contributed by atoms with Gasteiger partial charge in [0.25, 0.3) is 5.91 Å². The number of amides is 1. The van der Waals surface area contributed by atoms with Crippen LogP contribution in [-0.4, -0.2) is 34.7 Å². The van der Waals surface area contributed by atoms with E-state index in [-0.39, 0.29) is 11.3 Å². The molecule has 0 bridgehead atoms. The van der Waals surface area contributed by atoms with Crippen LogP contribution in [0.2, 0.25) is 0 Å². The fourth-order valence-electron chi connectivity index (χ4n) is 2.09. The van der Waals surface area contributed by atoms with E-state index in [2.05, 4.69) is 5.32 Å². The van der Waals surface area contributed by atoms with Gasteiger partial charge in [0.2, 0.25) is 0 Å². The van der Waals surface area contributed by atoms with Crippen molar-refractivity contribution in [2.75, 3.05) is 23.9 Å². The topological polar surface area (TPSA) is 96.3 Å². The van der Waals surface area contributed by atoms with Crippen LogP contribution >= 0.6 is 11.8 Å². The number of anilines is 1. The molecule has 0 aromatic heterocycles. The van der Waals surface area contributed by atoms with Crippen LogP contribution in [0.25, 0.3) is 0 Å². The van der Waals surface area contributed by atoms with Crippen molar-refractivity contribution in [1.82, 2.24) is 0 Å². The molecule has 1 amide bonds. The number of hydrogen-bond acceptors (Lipinski definition) is 6. The van der Waals surface area contributed by atoms with Crippen molar-refractivity contribution in [2.24, 2.45) is 0 Å². The van der Waals surface area contributed by atoms with Crippen LogP contribution in [0, 0.1) is 11.3 Å². The fraction of sp³-hybridized carbons (Fsp3) is 0.167. The van der Waals surface area contributed by atoms with E-state index in [1.165, 1.54) is 24.1 Å². The van der Waals surface area contributed by atoms with Crippen LogP contribution < -0.4 is 5.32 Å². The summed E-state index contributed by atoms with van der Waals surface area (Å²) in [6, 6.07) is 15.5. The van der Waals surface area contributed by atoms with Gasteiger partial charge in [-0.1, -0.05) is 24.3 Å². The van der Waals surface area contributed by atoms with Crippen LogP contribution in [-0.2, 0) is 20.3 Å². The SMILES string of the molecule is C[S@@](=O)c1ccccc1C(=O)OCC(=O)Nc1ccccc1SCC#N. The smallest absolute Gasteiger partial charge is 0.339 e. The fourth-order valence-corrected chi connectivity index (χ4v) is 3.49. The predicted molar refractivity (Wildman–Crippen MR) is 100 cm³/mol. The Kier molecular flexibility index (Phi) is 7.38. The first-order chi connectivity index (χ1) is 12.5. The highest BCUT2D eigenvalue weighted by Crippen LogP contribution is 2.26. The number of carbonyl (C=O) groups excluding carboxylic acids is 2. The number of nitriles is 1. The molecule has 8 heteroatoms. The van der Waals surface area contributed by atoms with Crippen LogP contribution in [0.5, 0.6) is 0 Å². The molecule has 6 nitrogen and oxygen atoms in total. The number of esters is 1. The maximum absolute atomic E-state index is 12.2. The zero-order valence-corrected chi connectivity index (χ0v) is 15.6. The van der Waals surface area contributed by atoms with E-state index in [0.717, 1.165) is 4.90 Å². The third-order valence-corrected chi connectivity index (χ3v) is 5.12. The molecule has 0 aliphatic carbocycles. The summed E-state index contributed by atoms with van der Waals surface area (Å²) in [7, 11) is -1.34. The van der Waals surface area contributed by atoms with E-state index >= 15 is 0 Å². The van der Waals surface area contributed by atoms with Gasteiger partial charge >= 0.3 is 5.97 Å². The first-order valence-corrected chi connectivity index (χ1v) is 10.1. The van der Waals surface area contributed by atoms with Gasteiger partial charge < -0.3 is 10.1 Å². The minimum Gasteiger partial charge on any atom is -0.452 e. The lowest BCUT2D eigenvalue weighted by Crippen LogP contribution is -2.21. The molecule has 0 unspecified atom stereocenters. The number of rotatable bonds is 7. The summed E-state index contributed by atoms with van der Waals surface area (Å²) < 4.78 is 16.7. The molecule has 1 N–H and O–H groups in total. The molecule has 0 saturated heterocycles. The van der Waals surface area contributed by atoms with Crippen molar-refractivity contribution in [3.63, 3.8) is 0 Å². The van der Waals surface area contributed by atoms with Crippen molar-refractivity contribution in [3.05, 3.63) is 54.1 Å². The third-order valence-electron chi connectivity index (χ3n) is 3.20. The molecule has 0 aliphatic rings. The van der Waals surface area contributed by atoms with Crippen LogP contribution in [0.15, 0.2) is 58.3 Å². The lowest BCUT2D eigenvalue weighted by atomic mass is 10.2. The Labute approximate surface area is 158 Å². The molecule has 26 heavy (non-hydrogen) atoms. The minimum absolute atomic E-state index is 0.172. The second-order valence-corrected chi connectivity index (χ2v) is 7.38. The first kappa shape index (κ1) is 19.7. The molecule has 0 heterocycles. The van der Waals surface area contributed by atoms with Gasteiger partial charge in [0, 0.05) is 11.2 Å². The van der Waals surface area contributed by atoms with E-state index in [4.69, 9.17) is 10.00 Å². The van der Waals surface area contributed by atoms with Gasteiger partial charge in [-0.05, 0) is 24.3 Å². The van der Waals surface area contributed by atoms with E-state index in [1.54, 1.807) is 42.5 Å². The largest absolute Gasteiger partial charge is 0.452 e. The van der Waals surface area contributed by atoms with Crippen LogP contribution in [0.1, 0.15) is 10.4 Å². The summed E-state index contributed by atoms with van der Waals surface area (Å²) in [6.07, 6.45) is 1.47. The number of benzene rings is 2. The molecule has 0 radical (unpaired) electrons. The van der Waals surface area contributed by atoms with Crippen molar-refractivity contribution in [3.8, 4) is 6.07 Å². The number of para-hydroxylation sites is 1. The summed E-state index contributed by atoms with van der Waals surface area (Å²) in [5.41, 5.74) is 0.718. The highest BCUT2D eigenvalue weighted by atomic mass is 32.2. The van der Waals surface area contributed by atoms with Gasteiger partial charge in [0.05, 0.1) is 38.8 Å². The Balaban J connectivity index is 1.99. The normalized spacial score (nSPS) is 11.2. The highest BCUT2D eigenvalue weighted by molar-refractivity contribution is 7.99. The molecular weight excluding hydrogens is 372 g/mol. The molecule has 2 aromatic carbocycles. The van der Waals surface area contributed by atoms with Crippen LogP contribution in [0.4, 0.5) is 5.69 Å². The molecular formula is C18H16N2O4S2. The Morgan fingerprint density at radius 1 is 1.19 bits per heavy atom. The Bertz CT molecular complexity index is 877. The second kappa shape index (κ2) is 9.75. The average Bonchev–Trinajstić information content (AvgIpc) is 2.65. The summed E-state index contributed by atoms with van der Waals surface area (Å²) in [5, 5.41) is 11.3. The Morgan fingerprint density at radius 2 is 1.88 bits per heavy atom. The second-order valence-electron chi connectivity index (χ2n) is 5.02. The zero-order valence-electron chi connectivity index (χ0n) is 13.9. The summed E-state index contributed by atoms with van der Waals surface area (Å²) in [4.78, 5) is 25.3. The zero-order chi connectivity index (χ0) is 18.9. The maximum atomic E-state index is 12.2. The van der Waals surface area contributed by atoms with Gasteiger partial charge in [0.1, 0.15) is 0 Å². The van der Waals surface area contributed by atoms with E-state index in [9.17, 15) is 13.8 Å². The predicted octanol–water partition coefficient (Wildman–Crippen LogP) is 2.84. The number of hydrogen-bond donors (Lipinski definition) is 1. The molecule has 0 fully saturated rings. The quantitative estimate of drug-likeness (QED) is 0.579. The third kappa shape index (κ3) is 5.44. The lowest BCUT2D eigenvalue weighted by Gasteiger charge is -2.11. The number of nitrogens with zero attached hydrogens (tertiary/aromatic N) is 1. The molecule has 0 saturated carbocycles. The average molecular weight is 388 g/mol. The molecule has 0 aliphatic heterocycles. The lowest BCUT2D eigenvalue weighted by molar-refractivity contribution is -0.119. The Hall–Kier alpha value is -2.63. The highest BCUT2D eigenvalue weighted by Gasteiger charge is 2.16. The number of ether oxygens (including phenoxy) is 1. The van der Waals surface area contributed by atoms with Crippen molar-refractivity contribution in [1.29, 1.82) is 5.26 Å². The number of carbonyl (C=O) groups is 2. The summed E-state index contributed by atoms with van der Waals surface area (Å²) in [5.74, 6) is -0.955. The molecule has 1 atom stereocenters. The summed E-state index contributed by atoms with van der Waals surface area (Å²) >= 11 is 1.30. The molecule has 134 valence electrons. The van der Waals surface area contributed by atoms with Crippen molar-refractivity contribution in [2.45, 2.75) is 9.79 Å². The van der Waals surface area contributed by atoms with Crippen molar-refractivity contribution < 1.29 is 18.5 Å². The van der Waals surface area contributed by atoms with E-state index < -0.39 is 29.3 Å². The summed E-state index contributed by atoms with van der Waals surface area (Å²) in [6.45, 7) is -0.471. The van der Waals surface area contributed by atoms with E-state index in [1.807, 2.05) is 6.07 Å². The minimum atomic E-state index is -1.34. The standard InChI is InChI=1S/C18H16N2O4S2/c1-26(23)16-9-5-2-6-13(16)18(22)24-12-17(21)20-14-7-3-4-8-15(14)25-11-10-19/h2-9H,11-12H2,1H3,(H,20,21)/t26-/m1/s1. The van der Waals surface area contributed by atoms with Gasteiger partial charge in [-0.25, -0.2) is 4.79 Å². The van der Waals surface area contributed by atoms with E-state index in [0.29, 0.717) is 10.6 Å².